The van der Waals surface area contributed by atoms with Gasteiger partial charge in [0.05, 0.1) is 6.07 Å². The number of rotatable bonds is 4. The Balaban J connectivity index is 2.54. The first-order chi connectivity index (χ1) is 7.26. The maximum Gasteiger partial charge on any atom is 0.320 e. The standard InChI is InChI=1S/C12H11NO2/c1-2-10-4-3-5-11(8-10)9-15-12(14)6-7-13/h2-5,8H,1,6,9H2. The predicted octanol–water partition coefficient (Wildman–Crippen LogP) is 2.29. The number of carbonyl (C=O) groups excluding carboxylic acids is 1. The van der Waals surface area contributed by atoms with Gasteiger partial charge in [0.15, 0.2) is 0 Å². The Morgan fingerprint density at radius 3 is 3.07 bits per heavy atom. The highest BCUT2D eigenvalue weighted by Crippen LogP contribution is 2.07. The monoisotopic (exact) mass is 201 g/mol. The van der Waals surface area contributed by atoms with E-state index in [2.05, 4.69) is 6.58 Å². The number of carbonyl (C=O) groups is 1. The molecule has 0 heterocycles. The van der Waals surface area contributed by atoms with Crippen LogP contribution in [0.4, 0.5) is 0 Å². The van der Waals surface area contributed by atoms with Crippen molar-refractivity contribution in [1.29, 1.82) is 5.26 Å². The van der Waals surface area contributed by atoms with E-state index < -0.39 is 5.97 Å². The van der Waals surface area contributed by atoms with E-state index in [0.717, 1.165) is 11.1 Å². The molecule has 0 aromatic heterocycles. The number of hydrogen-bond acceptors (Lipinski definition) is 3. The highest BCUT2D eigenvalue weighted by Gasteiger charge is 2.01. The van der Waals surface area contributed by atoms with Crippen LogP contribution in [0.2, 0.25) is 0 Å². The molecule has 0 aliphatic rings. The number of benzene rings is 1. The fraction of sp³-hybridized carbons (Fsp3) is 0.167. The SMILES string of the molecule is C=Cc1cccc(COC(=O)CC#N)c1. The molecule has 0 bridgehead atoms. The zero-order valence-electron chi connectivity index (χ0n) is 8.27. The second kappa shape index (κ2) is 5.61. The summed E-state index contributed by atoms with van der Waals surface area (Å²) in [5.41, 5.74) is 1.86. The van der Waals surface area contributed by atoms with Crippen molar-refractivity contribution in [2.45, 2.75) is 13.0 Å². The van der Waals surface area contributed by atoms with Crippen molar-refractivity contribution in [3.8, 4) is 6.07 Å². The molecule has 0 fully saturated rings. The number of nitrogens with zero attached hydrogens (tertiary/aromatic N) is 1. The van der Waals surface area contributed by atoms with Gasteiger partial charge in [-0.2, -0.15) is 5.26 Å². The summed E-state index contributed by atoms with van der Waals surface area (Å²) in [6, 6.07) is 9.25. The molecule has 0 atom stereocenters. The lowest BCUT2D eigenvalue weighted by Gasteiger charge is -2.03. The van der Waals surface area contributed by atoms with E-state index in [-0.39, 0.29) is 13.0 Å². The molecular weight excluding hydrogens is 190 g/mol. The third-order valence-corrected chi connectivity index (χ3v) is 1.81. The van der Waals surface area contributed by atoms with E-state index in [1.807, 2.05) is 24.3 Å². The highest BCUT2D eigenvalue weighted by molar-refractivity contribution is 5.71. The van der Waals surface area contributed by atoms with Crippen molar-refractivity contribution in [2.24, 2.45) is 0 Å². The quantitative estimate of drug-likeness (QED) is 0.702. The molecule has 1 aromatic rings. The first-order valence-electron chi connectivity index (χ1n) is 4.50. The van der Waals surface area contributed by atoms with Crippen LogP contribution in [-0.4, -0.2) is 5.97 Å². The smallest absolute Gasteiger partial charge is 0.320 e. The van der Waals surface area contributed by atoms with Gasteiger partial charge in [-0.15, -0.1) is 0 Å². The van der Waals surface area contributed by atoms with E-state index in [0.29, 0.717) is 0 Å². The van der Waals surface area contributed by atoms with Gasteiger partial charge in [-0.25, -0.2) is 0 Å². The van der Waals surface area contributed by atoms with Crippen LogP contribution in [0.15, 0.2) is 30.8 Å². The maximum absolute atomic E-state index is 10.9. The molecule has 0 spiro atoms. The molecule has 0 radical (unpaired) electrons. The van der Waals surface area contributed by atoms with E-state index in [1.165, 1.54) is 0 Å². The van der Waals surface area contributed by atoms with Gasteiger partial charge >= 0.3 is 5.97 Å². The number of hydrogen-bond donors (Lipinski definition) is 0. The molecule has 3 heteroatoms. The Morgan fingerprint density at radius 2 is 2.40 bits per heavy atom. The molecular formula is C12H11NO2. The van der Waals surface area contributed by atoms with Crippen molar-refractivity contribution >= 4 is 12.0 Å². The van der Waals surface area contributed by atoms with Crippen LogP contribution in [-0.2, 0) is 16.1 Å². The molecule has 15 heavy (non-hydrogen) atoms. The van der Waals surface area contributed by atoms with Gasteiger partial charge in [0.1, 0.15) is 13.0 Å². The lowest BCUT2D eigenvalue weighted by Crippen LogP contribution is -2.03. The Morgan fingerprint density at radius 1 is 1.60 bits per heavy atom. The van der Waals surface area contributed by atoms with Crippen LogP contribution in [0.25, 0.3) is 6.08 Å². The Hall–Kier alpha value is -2.08. The van der Waals surface area contributed by atoms with Gasteiger partial charge in [0.25, 0.3) is 0 Å². The average Bonchev–Trinajstić information content (AvgIpc) is 2.27. The van der Waals surface area contributed by atoms with Gasteiger partial charge in [0.2, 0.25) is 0 Å². The minimum Gasteiger partial charge on any atom is -0.460 e. The predicted molar refractivity (Wildman–Crippen MR) is 56.6 cm³/mol. The molecule has 0 amide bonds. The van der Waals surface area contributed by atoms with Crippen LogP contribution in [0.5, 0.6) is 0 Å². The lowest BCUT2D eigenvalue weighted by molar-refractivity contribution is -0.143. The summed E-state index contributed by atoms with van der Waals surface area (Å²) in [6.45, 7) is 3.84. The van der Waals surface area contributed by atoms with Crippen LogP contribution >= 0.6 is 0 Å². The summed E-state index contributed by atoms with van der Waals surface area (Å²) in [7, 11) is 0. The summed E-state index contributed by atoms with van der Waals surface area (Å²) in [5.74, 6) is -0.499. The summed E-state index contributed by atoms with van der Waals surface area (Å²) in [5, 5.41) is 8.25. The number of esters is 1. The minimum atomic E-state index is -0.499. The van der Waals surface area contributed by atoms with Crippen LogP contribution in [0, 0.1) is 11.3 Å². The lowest BCUT2D eigenvalue weighted by atomic mass is 10.1. The van der Waals surface area contributed by atoms with Crippen LogP contribution in [0.3, 0.4) is 0 Å². The Labute approximate surface area is 88.6 Å². The zero-order chi connectivity index (χ0) is 11.1. The largest absolute Gasteiger partial charge is 0.460 e. The number of nitriles is 1. The summed E-state index contributed by atoms with van der Waals surface area (Å²) in [6.07, 6.45) is 1.52. The van der Waals surface area contributed by atoms with Crippen molar-refractivity contribution in [3.63, 3.8) is 0 Å². The molecule has 0 aliphatic heterocycles. The topological polar surface area (TPSA) is 50.1 Å². The van der Waals surface area contributed by atoms with Gasteiger partial charge in [-0.3, -0.25) is 4.79 Å². The first-order valence-corrected chi connectivity index (χ1v) is 4.50. The molecule has 0 N–H and O–H groups in total. The number of ether oxygens (including phenoxy) is 1. The molecule has 0 saturated carbocycles. The van der Waals surface area contributed by atoms with Gasteiger partial charge < -0.3 is 4.74 Å². The third-order valence-electron chi connectivity index (χ3n) is 1.81. The highest BCUT2D eigenvalue weighted by atomic mass is 16.5. The molecule has 1 rings (SSSR count). The minimum absolute atomic E-state index is 0.197. The molecule has 3 nitrogen and oxygen atoms in total. The second-order valence-electron chi connectivity index (χ2n) is 2.94. The summed E-state index contributed by atoms with van der Waals surface area (Å²) in [4.78, 5) is 10.9. The Bertz CT molecular complexity index is 404. The fourth-order valence-electron chi connectivity index (χ4n) is 1.09. The van der Waals surface area contributed by atoms with E-state index in [4.69, 9.17) is 10.00 Å². The zero-order valence-corrected chi connectivity index (χ0v) is 8.27. The molecule has 1 aromatic carbocycles. The maximum atomic E-state index is 10.9. The van der Waals surface area contributed by atoms with Gasteiger partial charge in [0, 0.05) is 0 Å². The fourth-order valence-corrected chi connectivity index (χ4v) is 1.09. The normalized spacial score (nSPS) is 9.00. The van der Waals surface area contributed by atoms with Gasteiger partial charge in [-0.1, -0.05) is 30.9 Å². The third kappa shape index (κ3) is 3.65. The molecule has 76 valence electrons. The Kier molecular flexibility index (Phi) is 4.11. The van der Waals surface area contributed by atoms with Crippen LogP contribution in [0.1, 0.15) is 17.5 Å². The van der Waals surface area contributed by atoms with Crippen molar-refractivity contribution in [1.82, 2.24) is 0 Å². The first kappa shape index (κ1) is 11.0. The summed E-state index contributed by atoms with van der Waals surface area (Å²) >= 11 is 0. The van der Waals surface area contributed by atoms with E-state index >= 15 is 0 Å². The van der Waals surface area contributed by atoms with E-state index in [9.17, 15) is 4.79 Å². The molecule has 0 saturated heterocycles. The average molecular weight is 201 g/mol. The molecule has 0 unspecified atom stereocenters. The second-order valence-corrected chi connectivity index (χ2v) is 2.94. The molecule has 0 aliphatic carbocycles. The van der Waals surface area contributed by atoms with Crippen molar-refractivity contribution in [3.05, 3.63) is 42.0 Å². The summed E-state index contributed by atoms with van der Waals surface area (Å²) < 4.78 is 4.87. The van der Waals surface area contributed by atoms with Crippen molar-refractivity contribution < 1.29 is 9.53 Å². The van der Waals surface area contributed by atoms with Crippen molar-refractivity contribution in [2.75, 3.05) is 0 Å². The van der Waals surface area contributed by atoms with E-state index in [1.54, 1.807) is 12.1 Å². The van der Waals surface area contributed by atoms with Gasteiger partial charge in [-0.05, 0) is 17.2 Å². The van der Waals surface area contributed by atoms with Crippen LogP contribution < -0.4 is 0 Å².